The zero-order chi connectivity index (χ0) is 18.5. The summed E-state index contributed by atoms with van der Waals surface area (Å²) in [5.74, 6) is 0. The number of hydrogen-bond acceptors (Lipinski definition) is 3. The monoisotopic (exact) mass is 392 g/mol. The molecule has 0 aromatic carbocycles. The molecule has 4 rings (SSSR count). The third-order valence-corrected chi connectivity index (χ3v) is 7.15. The lowest BCUT2D eigenvalue weighted by Gasteiger charge is -2.05. The fraction of sp³-hybridized carbons (Fsp3) is 0.261. The first-order chi connectivity index (χ1) is 13.3. The molecule has 0 aliphatic carbocycles. The molecule has 0 atom stereocenters. The molecule has 0 saturated carbocycles. The molecule has 1 aliphatic rings. The summed E-state index contributed by atoms with van der Waals surface area (Å²) in [6, 6.07) is 13.2. The molecular weight excluding hydrogens is 368 g/mol. The first kappa shape index (κ1) is 18.2. The summed E-state index contributed by atoms with van der Waals surface area (Å²) in [7, 11) is 0. The zero-order valence-electron chi connectivity index (χ0n) is 15.6. The number of unbranched alkanes of at least 4 members (excludes halogenated alkanes) is 3. The largest absolute Gasteiger partial charge is 0.361 e. The molecule has 0 fully saturated rings. The van der Waals surface area contributed by atoms with Crippen molar-refractivity contribution in [1.82, 2.24) is 4.98 Å². The lowest BCUT2D eigenvalue weighted by Crippen LogP contribution is -1.88. The van der Waals surface area contributed by atoms with Crippen molar-refractivity contribution in [2.75, 3.05) is 0 Å². The predicted octanol–water partition coefficient (Wildman–Crippen LogP) is 7.33. The number of aliphatic imine (C=N–C) groups is 1. The van der Waals surface area contributed by atoms with Gasteiger partial charge in [-0.1, -0.05) is 26.2 Å². The van der Waals surface area contributed by atoms with Gasteiger partial charge in [-0.3, -0.25) is 4.99 Å². The van der Waals surface area contributed by atoms with Gasteiger partial charge < -0.3 is 4.98 Å². The molecule has 1 N–H and O–H groups in total. The van der Waals surface area contributed by atoms with Crippen molar-refractivity contribution in [2.24, 2.45) is 4.99 Å². The van der Waals surface area contributed by atoms with E-state index in [2.05, 4.69) is 53.3 Å². The van der Waals surface area contributed by atoms with Crippen LogP contribution in [0, 0.1) is 0 Å². The summed E-state index contributed by atoms with van der Waals surface area (Å²) in [4.78, 5) is 13.3. The van der Waals surface area contributed by atoms with Crippen LogP contribution in [-0.4, -0.2) is 11.2 Å². The SMILES string of the molecule is CCCCCCc1ccc(-c2ccc(/C(=C3\C=CC=N3)c3ccc[nH]3)s2)s1. The zero-order valence-corrected chi connectivity index (χ0v) is 17.2. The summed E-state index contributed by atoms with van der Waals surface area (Å²) in [6.45, 7) is 2.26. The number of aryl methyl sites for hydroxylation is 1. The van der Waals surface area contributed by atoms with Crippen molar-refractivity contribution >= 4 is 34.5 Å². The van der Waals surface area contributed by atoms with Crippen LogP contribution in [0.2, 0.25) is 0 Å². The topological polar surface area (TPSA) is 28.1 Å². The fourth-order valence-corrected chi connectivity index (χ4v) is 5.52. The molecule has 0 spiro atoms. The summed E-state index contributed by atoms with van der Waals surface area (Å²) in [6.07, 6.45) is 14.4. The Kier molecular flexibility index (Phi) is 5.85. The number of nitrogens with zero attached hydrogens (tertiary/aromatic N) is 1. The van der Waals surface area contributed by atoms with Crippen LogP contribution < -0.4 is 0 Å². The third-order valence-electron chi connectivity index (χ3n) is 4.71. The van der Waals surface area contributed by atoms with Crippen LogP contribution in [0.3, 0.4) is 0 Å². The second-order valence-corrected chi connectivity index (χ2v) is 8.97. The van der Waals surface area contributed by atoms with E-state index in [-0.39, 0.29) is 0 Å². The van der Waals surface area contributed by atoms with Gasteiger partial charge in [-0.15, -0.1) is 22.7 Å². The second-order valence-electron chi connectivity index (χ2n) is 6.72. The minimum absolute atomic E-state index is 1.02. The third kappa shape index (κ3) is 4.23. The highest BCUT2D eigenvalue weighted by Gasteiger charge is 2.16. The highest BCUT2D eigenvalue weighted by atomic mass is 32.1. The van der Waals surface area contributed by atoms with Gasteiger partial charge in [0.1, 0.15) is 0 Å². The van der Waals surface area contributed by atoms with Crippen molar-refractivity contribution in [3.63, 3.8) is 0 Å². The number of nitrogens with one attached hydrogen (secondary N) is 1. The molecule has 4 heteroatoms. The molecule has 2 nitrogen and oxygen atoms in total. The normalized spacial score (nSPS) is 15.0. The maximum absolute atomic E-state index is 4.54. The molecular formula is C23H24N2S2. The summed E-state index contributed by atoms with van der Waals surface area (Å²) >= 11 is 3.79. The lowest BCUT2D eigenvalue weighted by molar-refractivity contribution is 0.670. The van der Waals surface area contributed by atoms with E-state index < -0.39 is 0 Å². The van der Waals surface area contributed by atoms with E-state index in [1.807, 2.05) is 47.2 Å². The van der Waals surface area contributed by atoms with E-state index >= 15 is 0 Å². The number of hydrogen-bond donors (Lipinski definition) is 1. The van der Waals surface area contributed by atoms with Gasteiger partial charge >= 0.3 is 0 Å². The maximum Gasteiger partial charge on any atom is 0.0737 e. The minimum Gasteiger partial charge on any atom is -0.361 e. The number of rotatable bonds is 8. The molecule has 4 heterocycles. The Morgan fingerprint density at radius 1 is 1.00 bits per heavy atom. The number of allylic oxidation sites excluding steroid dienone is 2. The number of aromatic amines is 1. The molecule has 0 saturated heterocycles. The second kappa shape index (κ2) is 8.68. The first-order valence-corrected chi connectivity index (χ1v) is 11.3. The Labute approximate surface area is 169 Å². The summed E-state index contributed by atoms with van der Waals surface area (Å²) < 4.78 is 0. The Hall–Kier alpha value is -2.17. The van der Waals surface area contributed by atoms with Gasteiger partial charge in [-0.05, 0) is 61.4 Å². The van der Waals surface area contributed by atoms with Crippen LogP contribution in [0.5, 0.6) is 0 Å². The van der Waals surface area contributed by atoms with E-state index in [1.54, 1.807) is 0 Å². The lowest BCUT2D eigenvalue weighted by atomic mass is 10.1. The van der Waals surface area contributed by atoms with Crippen LogP contribution in [0.4, 0.5) is 0 Å². The van der Waals surface area contributed by atoms with Gasteiger partial charge in [0, 0.05) is 43.2 Å². The Morgan fingerprint density at radius 3 is 2.67 bits per heavy atom. The van der Waals surface area contributed by atoms with Crippen molar-refractivity contribution in [1.29, 1.82) is 0 Å². The highest BCUT2D eigenvalue weighted by molar-refractivity contribution is 7.22. The van der Waals surface area contributed by atoms with Crippen LogP contribution >= 0.6 is 22.7 Å². The van der Waals surface area contributed by atoms with E-state index in [4.69, 9.17) is 0 Å². The predicted molar refractivity (Wildman–Crippen MR) is 120 cm³/mol. The van der Waals surface area contributed by atoms with E-state index in [0.29, 0.717) is 0 Å². The smallest absolute Gasteiger partial charge is 0.0737 e. The maximum atomic E-state index is 4.54. The molecule has 3 aromatic rings. The van der Waals surface area contributed by atoms with Crippen LogP contribution in [0.1, 0.15) is 48.1 Å². The van der Waals surface area contributed by atoms with Crippen molar-refractivity contribution in [3.8, 4) is 9.75 Å². The molecule has 0 unspecified atom stereocenters. The average molecular weight is 393 g/mol. The van der Waals surface area contributed by atoms with Gasteiger partial charge in [0.25, 0.3) is 0 Å². The van der Waals surface area contributed by atoms with Crippen LogP contribution in [0.25, 0.3) is 15.3 Å². The molecule has 138 valence electrons. The molecule has 0 bridgehead atoms. The van der Waals surface area contributed by atoms with Crippen molar-refractivity contribution < 1.29 is 0 Å². The molecule has 3 aromatic heterocycles. The standard InChI is InChI=1S/C23H24N2S2/c1-2-3-4-5-8-17-11-12-20(26-17)21-13-14-22(27-21)23(18-9-6-15-24-18)19-10-7-16-25-19/h6-7,9-16,24H,2-5,8H2,1H3/b23-19+. The van der Waals surface area contributed by atoms with Gasteiger partial charge in [0.2, 0.25) is 0 Å². The molecule has 0 radical (unpaired) electrons. The van der Waals surface area contributed by atoms with Gasteiger partial charge in [-0.25, -0.2) is 0 Å². The number of aromatic nitrogens is 1. The van der Waals surface area contributed by atoms with Gasteiger partial charge in [0.05, 0.1) is 5.70 Å². The summed E-state index contributed by atoms with van der Waals surface area (Å²) in [5, 5.41) is 0. The number of thiophene rings is 2. The van der Waals surface area contributed by atoms with Crippen molar-refractivity contribution in [3.05, 3.63) is 75.9 Å². The van der Waals surface area contributed by atoms with E-state index in [0.717, 1.165) is 11.4 Å². The highest BCUT2D eigenvalue weighted by Crippen LogP contribution is 2.39. The molecule has 1 aliphatic heterocycles. The quantitative estimate of drug-likeness (QED) is 0.389. The van der Waals surface area contributed by atoms with Crippen LogP contribution in [-0.2, 0) is 6.42 Å². The van der Waals surface area contributed by atoms with Gasteiger partial charge in [-0.2, -0.15) is 0 Å². The molecule has 27 heavy (non-hydrogen) atoms. The van der Waals surface area contributed by atoms with E-state index in [9.17, 15) is 0 Å². The average Bonchev–Trinajstić information content (AvgIpc) is 3.48. The van der Waals surface area contributed by atoms with Crippen LogP contribution in [0.15, 0.2) is 65.4 Å². The first-order valence-electron chi connectivity index (χ1n) is 9.63. The van der Waals surface area contributed by atoms with E-state index in [1.165, 1.54) is 57.2 Å². The fourth-order valence-electron chi connectivity index (χ4n) is 3.31. The minimum atomic E-state index is 1.02. The number of H-pyrrole nitrogens is 1. The van der Waals surface area contributed by atoms with Crippen molar-refractivity contribution in [2.45, 2.75) is 39.0 Å². The van der Waals surface area contributed by atoms with Gasteiger partial charge in [0.15, 0.2) is 0 Å². The summed E-state index contributed by atoms with van der Waals surface area (Å²) in [5.41, 5.74) is 3.32. The Bertz CT molecular complexity index is 954. The Balaban J connectivity index is 1.56. The Morgan fingerprint density at radius 2 is 1.89 bits per heavy atom. The molecule has 0 amide bonds.